The van der Waals surface area contributed by atoms with Gasteiger partial charge in [-0.05, 0) is 68.0 Å². The van der Waals surface area contributed by atoms with Crippen molar-refractivity contribution < 1.29 is 17.9 Å². The fourth-order valence-electron chi connectivity index (χ4n) is 3.65. The molecule has 1 fully saturated rings. The number of ether oxygens (including phenoxy) is 1. The molecule has 0 saturated carbocycles. The second-order valence-corrected chi connectivity index (χ2v) is 9.34. The van der Waals surface area contributed by atoms with Crippen LogP contribution in [0.4, 0.5) is 5.69 Å². The molecule has 1 N–H and O–H groups in total. The molecule has 0 aromatic heterocycles. The molecule has 7 heteroatoms. The molecule has 1 saturated heterocycles. The van der Waals surface area contributed by atoms with Crippen molar-refractivity contribution in [2.75, 3.05) is 25.5 Å². The molecule has 2 aromatic carbocycles. The molecule has 1 aliphatic heterocycles. The van der Waals surface area contributed by atoms with Gasteiger partial charge in [0.1, 0.15) is 5.75 Å². The zero-order valence-electron chi connectivity index (χ0n) is 17.2. The van der Waals surface area contributed by atoms with Gasteiger partial charge in [-0.15, -0.1) is 0 Å². The van der Waals surface area contributed by atoms with Crippen LogP contribution in [-0.4, -0.2) is 38.8 Å². The number of hydrogen-bond acceptors (Lipinski definition) is 4. The molecule has 2 aromatic rings. The van der Waals surface area contributed by atoms with Crippen LogP contribution in [0, 0.1) is 13.8 Å². The Morgan fingerprint density at radius 1 is 1.10 bits per heavy atom. The minimum atomic E-state index is -3.51. The first-order valence-corrected chi connectivity index (χ1v) is 11.3. The van der Waals surface area contributed by atoms with Crippen molar-refractivity contribution in [1.82, 2.24) is 4.31 Å². The monoisotopic (exact) mass is 416 g/mol. The van der Waals surface area contributed by atoms with Gasteiger partial charge in [0.05, 0.1) is 12.0 Å². The molecule has 3 rings (SSSR count). The first-order chi connectivity index (χ1) is 13.8. The molecule has 0 radical (unpaired) electrons. The van der Waals surface area contributed by atoms with Crippen LogP contribution >= 0.6 is 0 Å². The molecule has 1 aliphatic rings. The van der Waals surface area contributed by atoms with Crippen molar-refractivity contribution in [3.8, 4) is 5.75 Å². The highest BCUT2D eigenvalue weighted by molar-refractivity contribution is 7.89. The van der Waals surface area contributed by atoms with E-state index in [1.54, 1.807) is 25.3 Å². The summed E-state index contributed by atoms with van der Waals surface area (Å²) in [5.41, 5.74) is 3.56. The van der Waals surface area contributed by atoms with Gasteiger partial charge in [0.25, 0.3) is 0 Å². The largest absolute Gasteiger partial charge is 0.496 e. The molecule has 0 bridgehead atoms. The number of nitrogens with zero attached hydrogens (tertiary/aromatic N) is 1. The Kier molecular flexibility index (Phi) is 6.59. The molecule has 29 heavy (non-hydrogen) atoms. The number of benzene rings is 2. The van der Waals surface area contributed by atoms with Crippen LogP contribution in [0.2, 0.25) is 0 Å². The highest BCUT2D eigenvalue weighted by Crippen LogP contribution is 2.27. The van der Waals surface area contributed by atoms with Crippen LogP contribution < -0.4 is 10.1 Å². The number of sulfonamides is 1. The topological polar surface area (TPSA) is 75.7 Å². The number of amides is 1. The summed E-state index contributed by atoms with van der Waals surface area (Å²) in [4.78, 5) is 12.8. The number of hydrogen-bond donors (Lipinski definition) is 1. The molecule has 1 amide bonds. The summed E-state index contributed by atoms with van der Waals surface area (Å²) in [6.45, 7) is 5.03. The predicted octanol–water partition coefficient (Wildman–Crippen LogP) is 3.67. The Hall–Kier alpha value is -2.38. The smallest absolute Gasteiger partial charge is 0.243 e. The number of nitrogens with one attached hydrogen (secondary N) is 1. The third-order valence-electron chi connectivity index (χ3n) is 5.32. The minimum Gasteiger partial charge on any atom is -0.496 e. The summed E-state index contributed by atoms with van der Waals surface area (Å²) in [6, 6.07) is 10.8. The maximum atomic E-state index is 12.8. The third kappa shape index (κ3) is 4.79. The Morgan fingerprint density at radius 2 is 1.76 bits per heavy atom. The zero-order chi connectivity index (χ0) is 21.0. The maximum Gasteiger partial charge on any atom is 0.243 e. The van der Waals surface area contributed by atoms with E-state index < -0.39 is 10.0 Å². The lowest BCUT2D eigenvalue weighted by atomic mass is 10.1. The number of aryl methyl sites for hydroxylation is 3. The zero-order valence-corrected chi connectivity index (χ0v) is 18.0. The molecule has 156 valence electrons. The van der Waals surface area contributed by atoms with Gasteiger partial charge in [-0.2, -0.15) is 4.31 Å². The van der Waals surface area contributed by atoms with Crippen molar-refractivity contribution in [3.05, 3.63) is 53.1 Å². The van der Waals surface area contributed by atoms with Crippen molar-refractivity contribution in [2.24, 2.45) is 0 Å². The summed E-state index contributed by atoms with van der Waals surface area (Å²) in [7, 11) is -1.96. The number of anilines is 1. The standard InChI is InChI=1S/C22H28N2O4S/c1-16-7-6-8-17(2)22(16)23-21(25)12-9-18-15-19(10-11-20(18)28-3)29(26,27)24-13-4-5-14-24/h6-8,10-11,15H,4-5,9,12-14H2,1-3H3,(H,23,25). The van der Waals surface area contributed by atoms with E-state index in [0.29, 0.717) is 30.8 Å². The first-order valence-electron chi connectivity index (χ1n) is 9.86. The summed E-state index contributed by atoms with van der Waals surface area (Å²) in [6.07, 6.45) is 2.40. The second kappa shape index (κ2) is 8.97. The Morgan fingerprint density at radius 3 is 2.38 bits per heavy atom. The van der Waals surface area contributed by atoms with Gasteiger partial charge in [0.15, 0.2) is 0 Å². The maximum absolute atomic E-state index is 12.8. The molecular formula is C22H28N2O4S. The normalized spacial score (nSPS) is 14.7. The van der Waals surface area contributed by atoms with E-state index in [9.17, 15) is 13.2 Å². The van der Waals surface area contributed by atoms with E-state index in [0.717, 1.165) is 29.7 Å². The quantitative estimate of drug-likeness (QED) is 0.747. The highest BCUT2D eigenvalue weighted by Gasteiger charge is 2.27. The SMILES string of the molecule is COc1ccc(S(=O)(=O)N2CCCC2)cc1CCC(=O)Nc1c(C)cccc1C. The van der Waals surface area contributed by atoms with Crippen molar-refractivity contribution in [1.29, 1.82) is 0 Å². The lowest BCUT2D eigenvalue weighted by Crippen LogP contribution is -2.28. The third-order valence-corrected chi connectivity index (χ3v) is 7.22. The number of carbonyl (C=O) groups excluding carboxylic acids is 1. The predicted molar refractivity (Wildman–Crippen MR) is 114 cm³/mol. The van der Waals surface area contributed by atoms with E-state index in [1.807, 2.05) is 32.0 Å². The van der Waals surface area contributed by atoms with Gasteiger partial charge in [-0.3, -0.25) is 4.79 Å². The number of rotatable bonds is 7. The number of para-hydroxylation sites is 1. The fraction of sp³-hybridized carbons (Fsp3) is 0.409. The van der Waals surface area contributed by atoms with Crippen LogP contribution in [0.3, 0.4) is 0 Å². The molecule has 0 unspecified atom stereocenters. The van der Waals surface area contributed by atoms with Gasteiger partial charge in [0, 0.05) is 25.2 Å². The van der Waals surface area contributed by atoms with Crippen LogP contribution in [0.5, 0.6) is 5.75 Å². The van der Waals surface area contributed by atoms with Gasteiger partial charge >= 0.3 is 0 Å². The lowest BCUT2D eigenvalue weighted by Gasteiger charge is -2.17. The highest BCUT2D eigenvalue weighted by atomic mass is 32.2. The summed E-state index contributed by atoms with van der Waals surface area (Å²) in [5.74, 6) is 0.475. The van der Waals surface area contributed by atoms with Gasteiger partial charge < -0.3 is 10.1 Å². The molecule has 0 spiro atoms. The summed E-state index contributed by atoms with van der Waals surface area (Å²) in [5, 5.41) is 2.97. The number of carbonyl (C=O) groups is 1. The fourth-order valence-corrected chi connectivity index (χ4v) is 5.22. The van der Waals surface area contributed by atoms with Crippen molar-refractivity contribution >= 4 is 21.6 Å². The van der Waals surface area contributed by atoms with Crippen LogP contribution in [0.1, 0.15) is 36.0 Å². The van der Waals surface area contributed by atoms with Gasteiger partial charge in [0.2, 0.25) is 15.9 Å². The molecule has 0 atom stereocenters. The first kappa shape index (κ1) is 21.3. The Labute approximate surface area is 172 Å². The van der Waals surface area contributed by atoms with Gasteiger partial charge in [-0.1, -0.05) is 18.2 Å². The molecule has 6 nitrogen and oxygen atoms in total. The van der Waals surface area contributed by atoms with Crippen molar-refractivity contribution in [2.45, 2.75) is 44.4 Å². The van der Waals surface area contributed by atoms with Crippen LogP contribution in [0.15, 0.2) is 41.3 Å². The Balaban J connectivity index is 1.75. The number of methoxy groups -OCH3 is 1. The van der Waals surface area contributed by atoms with Crippen LogP contribution in [0.25, 0.3) is 0 Å². The molecule has 1 heterocycles. The minimum absolute atomic E-state index is 0.114. The average molecular weight is 417 g/mol. The van der Waals surface area contributed by atoms with Gasteiger partial charge in [-0.25, -0.2) is 8.42 Å². The molecular weight excluding hydrogens is 388 g/mol. The average Bonchev–Trinajstić information content (AvgIpc) is 3.25. The van der Waals surface area contributed by atoms with E-state index in [-0.39, 0.29) is 17.2 Å². The lowest BCUT2D eigenvalue weighted by molar-refractivity contribution is -0.116. The van der Waals surface area contributed by atoms with E-state index in [2.05, 4.69) is 5.32 Å². The van der Waals surface area contributed by atoms with E-state index in [4.69, 9.17) is 4.74 Å². The van der Waals surface area contributed by atoms with E-state index >= 15 is 0 Å². The van der Waals surface area contributed by atoms with Crippen LogP contribution in [-0.2, 0) is 21.2 Å². The van der Waals surface area contributed by atoms with E-state index in [1.165, 1.54) is 4.31 Å². The molecule has 0 aliphatic carbocycles. The second-order valence-electron chi connectivity index (χ2n) is 7.40. The summed E-state index contributed by atoms with van der Waals surface area (Å²) < 4.78 is 32.6. The summed E-state index contributed by atoms with van der Waals surface area (Å²) >= 11 is 0. The van der Waals surface area contributed by atoms with Crippen molar-refractivity contribution in [3.63, 3.8) is 0 Å². The Bertz CT molecular complexity index is 976.